The number of nitrogens with two attached hydrogens (primary N) is 1. The van der Waals surface area contributed by atoms with Gasteiger partial charge in [0.2, 0.25) is 0 Å². The average molecular weight is 1300 g/mol. The molecule has 8 unspecified atom stereocenters. The molecule has 0 spiro atoms. The van der Waals surface area contributed by atoms with Crippen LogP contribution in [0.5, 0.6) is 17.2 Å². The minimum absolute atomic E-state index is 0.0307. The standard InChI is InChI=1S/C22H33N4O3PS.C16H27N2O3PS.C9H15N2O2P.C7H8OS.C6H6N2O/c1-15(2)19-14-29-30(27,26(19)4)17(12-23-13-22-24-8-7-16(3)25-22)10-18-11-20-21(31-18)6-5-9-28-20;1-11(2)14-10-21-22(19,18(14)3)12(9-17)7-13-8-15-16(23-13)5-4-6-20-15;1-7(2)9-6-13-14(12,11(9)4)8(3)5-10;1-2-7-6(8-4-1)3-5-9-7;1-5-2-3-7-6(4-9)8-5/h7-8,11,15,17,19,23H,5-6,9-10,12-14H2,1-4H3;8,11-12,14H,4-7,9-10,17H2,1-3H3;7,9H,3,6H2,1-2,4H3;3,5H,1-2,4H2;2-4H,1H3. The van der Waals surface area contributed by atoms with Gasteiger partial charge in [0.1, 0.15) is 34.5 Å². The van der Waals surface area contributed by atoms with Gasteiger partial charge >= 0.3 is 7.52 Å². The topological polar surface area (TPSA) is 247 Å². The Morgan fingerprint density at radius 1 is 0.721 bits per heavy atom. The van der Waals surface area contributed by atoms with E-state index < -0.39 is 22.6 Å². The van der Waals surface area contributed by atoms with Gasteiger partial charge in [-0.15, -0.1) is 34.0 Å². The van der Waals surface area contributed by atoms with Crippen molar-refractivity contribution < 1.29 is 46.3 Å². The molecule has 0 bridgehead atoms. The van der Waals surface area contributed by atoms with Gasteiger partial charge in [-0.2, -0.15) is 5.26 Å². The van der Waals surface area contributed by atoms with Crippen LogP contribution >= 0.6 is 56.6 Å². The number of rotatable bonds is 16. The van der Waals surface area contributed by atoms with Gasteiger partial charge in [-0.25, -0.2) is 33.9 Å². The summed E-state index contributed by atoms with van der Waals surface area (Å²) in [7, 11) is -3.35. The highest BCUT2D eigenvalue weighted by molar-refractivity contribution is 7.61. The summed E-state index contributed by atoms with van der Waals surface area (Å²) in [4.78, 5) is 32.8. The molecule has 8 atom stereocenters. The fourth-order valence-electron chi connectivity index (χ4n) is 10.8. The molecule has 5 aromatic rings. The molecule has 0 aliphatic carbocycles. The van der Waals surface area contributed by atoms with Crippen molar-refractivity contribution in [2.24, 2.45) is 23.5 Å². The maximum atomic E-state index is 14.1. The lowest BCUT2D eigenvalue weighted by Crippen LogP contribution is -2.35. The van der Waals surface area contributed by atoms with Gasteiger partial charge < -0.3 is 38.8 Å². The molecular formula is C60H89N10O10P3S3. The van der Waals surface area contributed by atoms with Crippen molar-refractivity contribution in [1.82, 2.24) is 39.3 Å². The van der Waals surface area contributed by atoms with E-state index in [1.54, 1.807) is 64.2 Å². The van der Waals surface area contributed by atoms with Crippen molar-refractivity contribution in [3.8, 4) is 23.3 Å². The lowest BCUT2D eigenvalue weighted by molar-refractivity contribution is 0.111. The SMILES string of the molecule is C=C(C#N)P1(=O)OCC(C(C)C)N1C.CC(C)C1COP(=O)(C(CN)Cc2cc3c(s2)CCCO3)N1C.Cc1ccnc(C=O)n1.Cc1ccnc(CNCC(Cc2cc3c(s2)CCCO3)P2(=O)OCC(C(C)C)N2C)n1.c1cc2c(s1)CCCO2. The third kappa shape index (κ3) is 17.4. The molecule has 6 aliphatic rings. The van der Waals surface area contributed by atoms with Crippen LogP contribution in [0, 0.1) is 42.9 Å². The van der Waals surface area contributed by atoms with E-state index in [0.717, 1.165) is 80.0 Å². The zero-order chi connectivity index (χ0) is 62.3. The quantitative estimate of drug-likeness (QED) is 0.0529. The molecule has 472 valence electrons. The van der Waals surface area contributed by atoms with Crippen LogP contribution in [-0.4, -0.2) is 144 Å². The van der Waals surface area contributed by atoms with Gasteiger partial charge in [-0.3, -0.25) is 18.5 Å². The Labute approximate surface area is 521 Å². The molecule has 86 heavy (non-hydrogen) atoms. The highest BCUT2D eigenvalue weighted by Crippen LogP contribution is 2.63. The summed E-state index contributed by atoms with van der Waals surface area (Å²) in [6.07, 6.45) is 12.1. The number of ether oxygens (including phenoxy) is 3. The van der Waals surface area contributed by atoms with Crippen LogP contribution in [0.25, 0.3) is 0 Å². The number of thiophene rings is 3. The summed E-state index contributed by atoms with van der Waals surface area (Å²) in [5.41, 5.74) is 7.44. The van der Waals surface area contributed by atoms with Crippen molar-refractivity contribution in [3.63, 3.8) is 0 Å². The smallest absolute Gasteiger partial charge is 0.312 e. The van der Waals surface area contributed by atoms with Crippen LogP contribution in [0.4, 0.5) is 0 Å². The number of carbonyl (C=O) groups excluding carboxylic acids is 1. The third-order valence-corrected chi connectivity index (χ3v) is 27.8. The van der Waals surface area contributed by atoms with Gasteiger partial charge in [0.15, 0.2) is 12.1 Å². The molecule has 3 saturated heterocycles. The van der Waals surface area contributed by atoms with Crippen molar-refractivity contribution >= 4 is 62.9 Å². The second kappa shape index (κ2) is 32.1. The van der Waals surface area contributed by atoms with Crippen molar-refractivity contribution in [2.45, 2.75) is 143 Å². The highest BCUT2D eigenvalue weighted by Gasteiger charge is 2.50. The minimum atomic E-state index is -3.08. The number of fused-ring (bicyclic) bond motifs is 3. The molecule has 20 nitrogen and oxygen atoms in total. The van der Waals surface area contributed by atoms with Crippen molar-refractivity contribution in [3.05, 3.63) is 107 Å². The van der Waals surface area contributed by atoms with E-state index in [1.807, 2.05) is 63.3 Å². The molecule has 0 saturated carbocycles. The van der Waals surface area contributed by atoms with Gasteiger partial charge in [0, 0.05) is 79.4 Å². The molecule has 6 aliphatic heterocycles. The number of likely N-dealkylation sites (N-methyl/N-ethyl adjacent to an activating group) is 3. The summed E-state index contributed by atoms with van der Waals surface area (Å²) in [6.45, 7) is 25.4. The van der Waals surface area contributed by atoms with E-state index >= 15 is 0 Å². The van der Waals surface area contributed by atoms with Crippen LogP contribution in [0.2, 0.25) is 0 Å². The number of nitriles is 1. The summed E-state index contributed by atoms with van der Waals surface area (Å²) >= 11 is 5.36. The van der Waals surface area contributed by atoms with E-state index in [4.69, 9.17) is 38.8 Å². The van der Waals surface area contributed by atoms with E-state index in [2.05, 4.69) is 83.1 Å². The Hall–Kier alpha value is -4.07. The summed E-state index contributed by atoms with van der Waals surface area (Å²) in [5, 5.41) is 14.2. The number of hydrogen-bond donors (Lipinski definition) is 2. The van der Waals surface area contributed by atoms with Crippen molar-refractivity contribution in [2.75, 3.05) is 73.9 Å². The summed E-state index contributed by atoms with van der Waals surface area (Å²) < 4.78 is 79.4. The zero-order valence-corrected chi connectivity index (χ0v) is 57.0. The maximum Gasteiger partial charge on any atom is 0.312 e. The first-order valence-corrected chi connectivity index (χ1v) is 37.1. The second-order valence-corrected chi connectivity index (χ2v) is 34.6. The first kappa shape index (κ1) is 69.4. The fraction of sp³-hybridized carbons (Fsp3) is 0.600. The van der Waals surface area contributed by atoms with Crippen molar-refractivity contribution in [1.29, 1.82) is 5.26 Å². The normalized spacial score (nSPS) is 24.9. The Balaban J connectivity index is 0.000000167. The summed E-state index contributed by atoms with van der Waals surface area (Å²) in [6, 6.07) is 12.2. The first-order chi connectivity index (χ1) is 41.0. The summed E-state index contributed by atoms with van der Waals surface area (Å²) in [5.74, 6) is 5.27. The van der Waals surface area contributed by atoms with E-state index in [9.17, 15) is 18.5 Å². The monoisotopic (exact) mass is 1300 g/mol. The van der Waals surface area contributed by atoms with Crippen LogP contribution in [0.15, 0.2) is 60.0 Å². The Morgan fingerprint density at radius 3 is 1.66 bits per heavy atom. The first-order valence-electron chi connectivity index (χ1n) is 29.7. The minimum Gasteiger partial charge on any atom is -0.492 e. The fourth-order valence-corrected chi connectivity index (χ4v) is 21.9. The number of aromatic nitrogens is 4. The molecule has 26 heteroatoms. The van der Waals surface area contributed by atoms with Gasteiger partial charge in [0.25, 0.3) is 15.0 Å². The van der Waals surface area contributed by atoms with Gasteiger partial charge in [-0.05, 0) is 140 Å². The molecule has 11 heterocycles. The number of carbonyl (C=O) groups is 1. The number of hydrogen-bond acceptors (Lipinski definition) is 20. The lowest BCUT2D eigenvalue weighted by Gasteiger charge is -2.31. The number of aryl methyl sites for hydroxylation is 5. The molecule has 0 radical (unpaired) electrons. The highest BCUT2D eigenvalue weighted by atomic mass is 32.1. The average Bonchev–Trinajstić information content (AvgIpc) is 2.37. The van der Waals surface area contributed by atoms with Gasteiger partial charge in [0.05, 0.1) is 57.5 Å². The van der Waals surface area contributed by atoms with Gasteiger partial charge in [-0.1, -0.05) is 48.1 Å². The van der Waals surface area contributed by atoms with E-state index in [0.29, 0.717) is 76.3 Å². The Kier molecular flexibility index (Phi) is 25.9. The predicted molar refractivity (Wildman–Crippen MR) is 344 cm³/mol. The van der Waals surface area contributed by atoms with Crippen LogP contribution in [0.3, 0.4) is 0 Å². The Bertz CT molecular complexity index is 3160. The predicted octanol–water partition coefficient (Wildman–Crippen LogP) is 12.0. The molecule has 0 amide bonds. The number of nitrogens with one attached hydrogen (secondary N) is 1. The number of allylic oxidation sites excluding steroid dienone is 1. The molecule has 0 aromatic carbocycles. The maximum absolute atomic E-state index is 14.1. The van der Waals surface area contributed by atoms with Crippen LogP contribution in [-0.2, 0) is 65.9 Å². The Morgan fingerprint density at radius 2 is 1.21 bits per heavy atom. The molecule has 3 fully saturated rings. The molecule has 5 aromatic heterocycles. The zero-order valence-electron chi connectivity index (χ0n) is 51.8. The van der Waals surface area contributed by atoms with E-state index in [-0.39, 0.29) is 40.6 Å². The number of aldehydes is 1. The third-order valence-electron chi connectivity index (χ3n) is 16.1. The molecule has 11 rings (SSSR count). The lowest BCUT2D eigenvalue weighted by atomic mass is 10.1. The second-order valence-electron chi connectivity index (χ2n) is 23.2. The number of nitrogens with zero attached hydrogens (tertiary/aromatic N) is 8. The molecular weight excluding hydrogens is 1210 g/mol. The van der Waals surface area contributed by atoms with Crippen LogP contribution < -0.4 is 25.3 Å². The largest absolute Gasteiger partial charge is 0.492 e. The molecule has 3 N–H and O–H groups in total. The van der Waals surface area contributed by atoms with E-state index in [1.165, 1.54) is 37.2 Å². The van der Waals surface area contributed by atoms with Crippen LogP contribution in [0.1, 0.15) is 113 Å².